The normalized spacial score (nSPS) is 12.8. The summed E-state index contributed by atoms with van der Waals surface area (Å²) in [5.41, 5.74) is 5.40. The van der Waals surface area contributed by atoms with Crippen LogP contribution in [-0.4, -0.2) is 43.5 Å². The summed E-state index contributed by atoms with van der Waals surface area (Å²) >= 11 is 0. The van der Waals surface area contributed by atoms with Gasteiger partial charge >= 0.3 is 0 Å². The molecule has 0 fully saturated rings. The van der Waals surface area contributed by atoms with E-state index in [0.717, 1.165) is 0 Å². The van der Waals surface area contributed by atoms with E-state index in [4.69, 9.17) is 10.5 Å². The highest BCUT2D eigenvalue weighted by atomic mass is 19.3. The van der Waals surface area contributed by atoms with Gasteiger partial charge in [0.1, 0.15) is 24.2 Å². The third-order valence-electron chi connectivity index (χ3n) is 4.69. The van der Waals surface area contributed by atoms with Gasteiger partial charge in [-0.1, -0.05) is 0 Å². The van der Waals surface area contributed by atoms with Gasteiger partial charge in [-0.3, -0.25) is 4.98 Å². The Labute approximate surface area is 182 Å². The fourth-order valence-corrected chi connectivity index (χ4v) is 2.95. The number of alkyl halides is 2. The lowest BCUT2D eigenvalue weighted by atomic mass is 9.99. The molecule has 0 aliphatic heterocycles. The van der Waals surface area contributed by atoms with Gasteiger partial charge in [-0.05, 0) is 62.7 Å². The number of aliphatic hydroxyl groups is 2. The van der Waals surface area contributed by atoms with Crippen LogP contribution in [0.2, 0.25) is 0 Å². The van der Waals surface area contributed by atoms with E-state index >= 15 is 0 Å². The van der Waals surface area contributed by atoms with Crippen LogP contribution in [0.3, 0.4) is 0 Å². The summed E-state index contributed by atoms with van der Waals surface area (Å²) in [6.45, 7) is 4.01. The van der Waals surface area contributed by atoms with Crippen molar-refractivity contribution in [2.24, 2.45) is 0 Å². The maximum atomic E-state index is 13.5. The second kappa shape index (κ2) is 9.09. The van der Waals surface area contributed by atoms with E-state index in [2.05, 4.69) is 15.0 Å². The van der Waals surface area contributed by atoms with Gasteiger partial charge in [-0.15, -0.1) is 0 Å². The van der Waals surface area contributed by atoms with Gasteiger partial charge in [0, 0.05) is 11.3 Å². The lowest BCUT2D eigenvalue weighted by Crippen LogP contribution is -2.40. The van der Waals surface area contributed by atoms with E-state index in [-0.39, 0.29) is 35.3 Å². The van der Waals surface area contributed by atoms with Gasteiger partial charge in [0.05, 0.1) is 16.9 Å². The number of nitrogens with zero attached hydrogens (tertiary/aromatic N) is 3. The molecule has 2 aromatic heterocycles. The molecule has 10 heteroatoms. The molecule has 3 rings (SSSR count). The zero-order chi connectivity index (χ0) is 23.6. The molecule has 32 heavy (non-hydrogen) atoms. The highest BCUT2D eigenvalue weighted by molar-refractivity contribution is 5.85. The summed E-state index contributed by atoms with van der Waals surface area (Å²) in [5, 5.41) is 20.1. The van der Waals surface area contributed by atoms with Crippen LogP contribution in [0.5, 0.6) is 5.88 Å². The van der Waals surface area contributed by atoms with Crippen LogP contribution in [0.1, 0.15) is 31.7 Å². The number of ether oxygens (including phenoxy) is 1. The lowest BCUT2D eigenvalue weighted by Gasteiger charge is -2.25. The molecule has 7 nitrogen and oxygen atoms in total. The molecular formula is C22H23F3N4O3. The summed E-state index contributed by atoms with van der Waals surface area (Å²) in [5.74, 6) is -0.742. The summed E-state index contributed by atoms with van der Waals surface area (Å²) in [7, 11) is 0. The monoisotopic (exact) mass is 448 g/mol. The standard InChI is InChI=1S/C22H23F3N4O3/c1-11-8-13(9-15(27-11)19(24)25)17-18(12-4-6-14(23)7-5-12)28-21(26)29-20(17)32-10-16(30)22(2,3)31/h4-9,16,19,30-31H,10H2,1-3H3,(H2,26,28,29). The molecule has 3 aromatic rings. The van der Waals surface area contributed by atoms with Crippen LogP contribution in [0.4, 0.5) is 19.1 Å². The number of hydrogen-bond donors (Lipinski definition) is 3. The van der Waals surface area contributed by atoms with E-state index in [1.807, 2.05) is 0 Å². The van der Waals surface area contributed by atoms with Crippen molar-refractivity contribution >= 4 is 5.95 Å². The van der Waals surface area contributed by atoms with Crippen molar-refractivity contribution in [2.75, 3.05) is 12.3 Å². The SMILES string of the molecule is Cc1cc(-c2c(OCC(O)C(C)(C)O)nc(N)nc2-c2ccc(F)cc2)cc(C(F)F)n1. The molecule has 0 radical (unpaired) electrons. The molecular weight excluding hydrogens is 425 g/mol. The van der Waals surface area contributed by atoms with E-state index in [1.165, 1.54) is 44.2 Å². The zero-order valence-electron chi connectivity index (χ0n) is 17.7. The van der Waals surface area contributed by atoms with Gasteiger partial charge in [0.15, 0.2) is 0 Å². The Morgan fingerprint density at radius 1 is 1.06 bits per heavy atom. The first kappa shape index (κ1) is 23.4. The summed E-state index contributed by atoms with van der Waals surface area (Å²) < 4.78 is 46.0. The Hall–Kier alpha value is -3.24. The minimum absolute atomic E-state index is 0.0917. The average Bonchev–Trinajstić information content (AvgIpc) is 2.70. The van der Waals surface area contributed by atoms with Crippen LogP contribution < -0.4 is 10.5 Å². The minimum atomic E-state index is -2.82. The van der Waals surface area contributed by atoms with Crippen LogP contribution >= 0.6 is 0 Å². The molecule has 0 saturated heterocycles. The molecule has 0 amide bonds. The Morgan fingerprint density at radius 3 is 2.31 bits per heavy atom. The first-order chi connectivity index (χ1) is 15.0. The quantitative estimate of drug-likeness (QED) is 0.505. The highest BCUT2D eigenvalue weighted by Crippen LogP contribution is 2.39. The summed E-state index contributed by atoms with van der Waals surface area (Å²) in [6, 6.07) is 8.08. The van der Waals surface area contributed by atoms with Gasteiger partial charge in [-0.2, -0.15) is 4.98 Å². The van der Waals surface area contributed by atoms with Gasteiger partial charge in [-0.25, -0.2) is 18.2 Å². The first-order valence-corrected chi connectivity index (χ1v) is 9.69. The molecule has 1 aromatic carbocycles. The van der Waals surface area contributed by atoms with Crippen molar-refractivity contribution in [3.63, 3.8) is 0 Å². The number of anilines is 1. The second-order valence-corrected chi connectivity index (χ2v) is 7.82. The lowest BCUT2D eigenvalue weighted by molar-refractivity contribution is -0.0666. The Bertz CT molecular complexity index is 1100. The number of aromatic nitrogens is 3. The Balaban J connectivity index is 2.22. The number of hydrogen-bond acceptors (Lipinski definition) is 7. The maximum absolute atomic E-state index is 13.5. The van der Waals surface area contributed by atoms with Crippen molar-refractivity contribution < 1.29 is 28.1 Å². The third-order valence-corrected chi connectivity index (χ3v) is 4.69. The molecule has 0 spiro atoms. The van der Waals surface area contributed by atoms with E-state index < -0.39 is 29.6 Å². The number of benzene rings is 1. The zero-order valence-corrected chi connectivity index (χ0v) is 17.7. The molecule has 1 atom stereocenters. The van der Waals surface area contributed by atoms with Crippen molar-refractivity contribution in [3.05, 3.63) is 53.6 Å². The van der Waals surface area contributed by atoms with Crippen LogP contribution in [0, 0.1) is 12.7 Å². The van der Waals surface area contributed by atoms with E-state index in [1.54, 1.807) is 13.0 Å². The van der Waals surface area contributed by atoms with Crippen LogP contribution in [0.25, 0.3) is 22.4 Å². The molecule has 0 saturated carbocycles. The van der Waals surface area contributed by atoms with Crippen molar-refractivity contribution in [1.29, 1.82) is 0 Å². The predicted molar refractivity (Wildman–Crippen MR) is 113 cm³/mol. The van der Waals surface area contributed by atoms with Crippen LogP contribution in [-0.2, 0) is 0 Å². The average molecular weight is 448 g/mol. The summed E-state index contributed by atoms with van der Waals surface area (Å²) in [4.78, 5) is 12.2. The van der Waals surface area contributed by atoms with Gasteiger partial charge in [0.25, 0.3) is 6.43 Å². The van der Waals surface area contributed by atoms with Crippen LogP contribution in [0.15, 0.2) is 36.4 Å². The van der Waals surface area contributed by atoms with E-state index in [9.17, 15) is 23.4 Å². The number of nitrogens with two attached hydrogens (primary N) is 1. The maximum Gasteiger partial charge on any atom is 0.280 e. The van der Waals surface area contributed by atoms with Crippen molar-refractivity contribution in [1.82, 2.24) is 15.0 Å². The third kappa shape index (κ3) is 5.32. The van der Waals surface area contributed by atoms with E-state index in [0.29, 0.717) is 11.3 Å². The number of aliphatic hydroxyl groups excluding tert-OH is 1. The topological polar surface area (TPSA) is 114 Å². The number of nitrogen functional groups attached to an aromatic ring is 1. The number of pyridine rings is 1. The molecule has 0 aliphatic rings. The molecule has 1 unspecified atom stereocenters. The van der Waals surface area contributed by atoms with Crippen molar-refractivity contribution in [3.8, 4) is 28.3 Å². The molecule has 4 N–H and O–H groups in total. The number of rotatable bonds is 7. The Morgan fingerprint density at radius 2 is 1.72 bits per heavy atom. The fraction of sp³-hybridized carbons (Fsp3) is 0.318. The molecule has 0 aliphatic carbocycles. The molecule has 170 valence electrons. The molecule has 0 bridgehead atoms. The highest BCUT2D eigenvalue weighted by Gasteiger charge is 2.27. The number of aryl methyl sites for hydroxylation is 1. The Kier molecular flexibility index (Phi) is 6.65. The second-order valence-electron chi connectivity index (χ2n) is 7.82. The largest absolute Gasteiger partial charge is 0.474 e. The fourth-order valence-electron chi connectivity index (χ4n) is 2.95. The first-order valence-electron chi connectivity index (χ1n) is 9.69. The van der Waals surface area contributed by atoms with Gasteiger partial charge < -0.3 is 20.7 Å². The van der Waals surface area contributed by atoms with Crippen molar-refractivity contribution in [2.45, 2.75) is 38.9 Å². The summed E-state index contributed by atoms with van der Waals surface area (Å²) in [6.07, 6.45) is -4.10. The molecule has 2 heterocycles. The smallest absolute Gasteiger partial charge is 0.280 e. The predicted octanol–water partition coefficient (Wildman–Crippen LogP) is 3.68. The van der Waals surface area contributed by atoms with Gasteiger partial charge in [0.2, 0.25) is 11.8 Å². The number of halogens is 3. The minimum Gasteiger partial charge on any atom is -0.474 e.